The van der Waals surface area contributed by atoms with Gasteiger partial charge in [-0.3, -0.25) is 0 Å². The Kier molecular flexibility index (Phi) is 7.70. The molecule has 0 unspecified atom stereocenters. The Bertz CT molecular complexity index is 2930. The molecule has 0 radical (unpaired) electrons. The summed E-state index contributed by atoms with van der Waals surface area (Å²) in [7, 11) is 0. The minimum absolute atomic E-state index is 0.145. The van der Waals surface area contributed by atoms with Crippen LogP contribution in [0.2, 0.25) is 0 Å². The van der Waals surface area contributed by atoms with E-state index < -0.39 is 0 Å². The predicted molar refractivity (Wildman–Crippen MR) is 225 cm³/mol. The Hall–Kier alpha value is -7.21. The van der Waals surface area contributed by atoms with Crippen LogP contribution in [0.15, 0.2) is 194 Å². The third-order valence-corrected chi connectivity index (χ3v) is 9.87. The summed E-state index contributed by atoms with van der Waals surface area (Å²) in [5, 5.41) is 16.2. The third kappa shape index (κ3) is 6.12. The lowest BCUT2D eigenvalue weighted by atomic mass is 9.85. The third-order valence-electron chi connectivity index (χ3n) is 9.87. The fraction of sp³-hybridized carbons (Fsp3) is 0. The second-order valence-electron chi connectivity index (χ2n) is 13.1. The average molecular weight is 677 g/mol. The Morgan fingerprint density at radius 3 is 1.55 bits per heavy atom. The molecular weight excluding hydrogens is 641 g/mol. The molecule has 0 aliphatic heterocycles. The molecule has 0 spiro atoms. The van der Waals surface area contributed by atoms with Crippen LogP contribution >= 0.6 is 0 Å². The van der Waals surface area contributed by atoms with E-state index in [1.54, 1.807) is 0 Å². The van der Waals surface area contributed by atoms with Gasteiger partial charge in [-0.2, -0.15) is 5.26 Å². The van der Waals surface area contributed by atoms with Crippen molar-refractivity contribution in [2.75, 3.05) is 4.90 Å². The zero-order valence-corrected chi connectivity index (χ0v) is 28.9. The van der Waals surface area contributed by atoms with E-state index in [1.807, 2.05) is 78.9 Å². The van der Waals surface area contributed by atoms with Crippen molar-refractivity contribution in [3.63, 3.8) is 0 Å². The van der Waals surface area contributed by atoms with Gasteiger partial charge in [0.05, 0.1) is 14.4 Å². The number of fused-ring (bicyclic) bond motifs is 3. The maximum atomic E-state index is 9.45. The van der Waals surface area contributed by atoms with Crippen molar-refractivity contribution in [3.05, 3.63) is 211 Å². The molecule has 2 nitrogen and oxygen atoms in total. The van der Waals surface area contributed by atoms with Crippen LogP contribution in [-0.4, -0.2) is 0 Å². The van der Waals surface area contributed by atoms with Gasteiger partial charge in [-0.05, 0) is 120 Å². The highest BCUT2D eigenvalue weighted by Gasteiger charge is 2.17. The van der Waals surface area contributed by atoms with Gasteiger partial charge in [0.2, 0.25) is 0 Å². The fourth-order valence-electron chi connectivity index (χ4n) is 7.37. The molecule has 248 valence electrons. The minimum Gasteiger partial charge on any atom is -0.310 e. The molecule has 9 rings (SSSR count). The fourth-order valence-corrected chi connectivity index (χ4v) is 7.37. The maximum Gasteiger partial charge on any atom is 0.0991 e. The summed E-state index contributed by atoms with van der Waals surface area (Å²) >= 11 is 0. The number of rotatable bonds is 7. The van der Waals surface area contributed by atoms with Gasteiger partial charge >= 0.3 is 0 Å². The van der Waals surface area contributed by atoms with E-state index >= 15 is 0 Å². The van der Waals surface area contributed by atoms with Gasteiger partial charge < -0.3 is 4.90 Å². The van der Waals surface area contributed by atoms with Gasteiger partial charge in [0, 0.05) is 17.1 Å². The zero-order valence-electron chi connectivity index (χ0n) is 30.9. The van der Waals surface area contributed by atoms with Crippen molar-refractivity contribution in [2.24, 2.45) is 0 Å². The van der Waals surface area contributed by atoms with E-state index in [4.69, 9.17) is 0 Å². The van der Waals surface area contributed by atoms with Crippen LogP contribution in [0.3, 0.4) is 0 Å². The molecule has 0 amide bonds. The van der Waals surface area contributed by atoms with Crippen LogP contribution in [0.5, 0.6) is 0 Å². The lowest BCUT2D eigenvalue weighted by Gasteiger charge is -2.26. The van der Waals surface area contributed by atoms with Gasteiger partial charge in [-0.1, -0.05) is 152 Å². The summed E-state index contributed by atoms with van der Waals surface area (Å²) in [5.41, 5.74) is 9.25. The van der Waals surface area contributed by atoms with Crippen molar-refractivity contribution < 1.29 is 2.74 Å². The molecule has 0 saturated heterocycles. The van der Waals surface area contributed by atoms with E-state index in [0.717, 1.165) is 66.2 Å². The van der Waals surface area contributed by atoms with Crippen LogP contribution in [0.1, 0.15) is 19.4 Å². The molecule has 0 atom stereocenters. The van der Waals surface area contributed by atoms with Crippen molar-refractivity contribution in [2.45, 2.75) is 0 Å². The van der Waals surface area contributed by atoms with Crippen molar-refractivity contribution >= 4 is 61.5 Å². The number of hydrogen-bond acceptors (Lipinski definition) is 2. The smallest absolute Gasteiger partial charge is 0.0991 e. The van der Waals surface area contributed by atoms with Gasteiger partial charge in [0.1, 0.15) is 0 Å². The number of anilines is 3. The molecule has 0 aromatic heterocycles. The standard InChI is InChI=1S/C51H34N2/c52-35-38-23-29-44(30-24-38)53(45-31-26-39-11-7-8-16-42(39)34-45)43-27-21-36(22-28-43)19-20-37-25-32-48-49(33-37)51(41-14-5-2-6-15-41)47-18-10-9-17-46(47)50(48)40-12-3-1-4-13-40/h1-34H/b20-19+/i19D,20D. The highest BCUT2D eigenvalue weighted by molar-refractivity contribution is 6.21. The molecule has 0 saturated carbocycles. The molecule has 0 aliphatic rings. The van der Waals surface area contributed by atoms with E-state index in [9.17, 15) is 8.00 Å². The Morgan fingerprint density at radius 1 is 0.415 bits per heavy atom. The summed E-state index contributed by atoms with van der Waals surface area (Å²) < 4.78 is 18.6. The maximum absolute atomic E-state index is 9.45. The van der Waals surface area contributed by atoms with Gasteiger partial charge in [0.25, 0.3) is 0 Å². The van der Waals surface area contributed by atoms with Crippen LogP contribution in [-0.2, 0) is 0 Å². The molecule has 0 heterocycles. The SMILES string of the molecule is [2H]/C(=C(/[2H])c1ccc2c(-c3ccccc3)c3ccccc3c(-c3ccccc3)c2c1)c1ccc(N(c2ccc(C#N)cc2)c2ccc3ccccc3c2)cc1. The summed E-state index contributed by atoms with van der Waals surface area (Å²) in [6.07, 6.45) is 0. The van der Waals surface area contributed by atoms with Gasteiger partial charge in [-0.15, -0.1) is 0 Å². The first-order chi connectivity index (χ1) is 27.1. The second kappa shape index (κ2) is 13.8. The molecule has 0 bridgehead atoms. The lowest BCUT2D eigenvalue weighted by molar-refractivity contribution is 1.28. The molecule has 0 aliphatic carbocycles. The van der Waals surface area contributed by atoms with Crippen LogP contribution in [0.4, 0.5) is 17.1 Å². The molecule has 9 aromatic carbocycles. The average Bonchev–Trinajstić information content (AvgIpc) is 3.26. The van der Waals surface area contributed by atoms with E-state index in [0.29, 0.717) is 16.7 Å². The minimum atomic E-state index is 0.145. The molecular formula is C51H34N2. The number of nitriles is 1. The molecule has 53 heavy (non-hydrogen) atoms. The Morgan fingerprint density at radius 2 is 0.906 bits per heavy atom. The normalized spacial score (nSPS) is 12.2. The second-order valence-corrected chi connectivity index (χ2v) is 13.1. The Balaban J connectivity index is 1.16. The number of hydrogen-bond donors (Lipinski definition) is 0. The van der Waals surface area contributed by atoms with Crippen molar-refractivity contribution in [1.29, 1.82) is 5.26 Å². The van der Waals surface area contributed by atoms with Crippen molar-refractivity contribution in [3.8, 4) is 28.3 Å². The quantitative estimate of drug-likeness (QED) is 0.124. The molecule has 0 fully saturated rings. The van der Waals surface area contributed by atoms with E-state index in [-0.39, 0.29) is 12.1 Å². The summed E-state index contributed by atoms with van der Waals surface area (Å²) in [6, 6.07) is 68.3. The molecule has 0 N–H and O–H groups in total. The first-order valence-electron chi connectivity index (χ1n) is 18.7. The lowest BCUT2D eigenvalue weighted by Crippen LogP contribution is -2.09. The van der Waals surface area contributed by atoms with Gasteiger partial charge in [-0.25, -0.2) is 0 Å². The monoisotopic (exact) mass is 676 g/mol. The van der Waals surface area contributed by atoms with Crippen LogP contribution in [0.25, 0.3) is 66.7 Å². The van der Waals surface area contributed by atoms with Crippen molar-refractivity contribution in [1.82, 2.24) is 0 Å². The van der Waals surface area contributed by atoms with Gasteiger partial charge in [0.15, 0.2) is 0 Å². The number of nitrogens with zero attached hydrogens (tertiary/aromatic N) is 2. The Labute approximate surface area is 312 Å². The first-order valence-corrected chi connectivity index (χ1v) is 17.7. The predicted octanol–water partition coefficient (Wildman–Crippen LogP) is 14.0. The van der Waals surface area contributed by atoms with Crippen LogP contribution < -0.4 is 4.90 Å². The van der Waals surface area contributed by atoms with Crippen LogP contribution in [0, 0.1) is 11.3 Å². The van der Waals surface area contributed by atoms with E-state index in [1.165, 1.54) is 5.39 Å². The highest BCUT2D eigenvalue weighted by atomic mass is 15.1. The summed E-state index contributed by atoms with van der Waals surface area (Å²) in [4.78, 5) is 2.15. The largest absolute Gasteiger partial charge is 0.310 e. The zero-order chi connectivity index (χ0) is 37.3. The summed E-state index contributed by atoms with van der Waals surface area (Å²) in [6.45, 7) is 0. The molecule has 9 aromatic rings. The molecule has 2 heteroatoms. The topological polar surface area (TPSA) is 27.0 Å². The highest BCUT2D eigenvalue weighted by Crippen LogP contribution is 2.44. The first kappa shape index (κ1) is 29.5. The number of benzene rings is 9. The van der Waals surface area contributed by atoms with E-state index in [2.05, 4.69) is 126 Å². The summed E-state index contributed by atoms with van der Waals surface area (Å²) in [5.74, 6) is 0.